The first-order valence-electron chi connectivity index (χ1n) is 12.9. The molecule has 2 fully saturated rings. The van der Waals surface area contributed by atoms with E-state index in [1.807, 2.05) is 20.8 Å². The summed E-state index contributed by atoms with van der Waals surface area (Å²) in [6.45, 7) is 9.78. The molecule has 1 atom stereocenters. The van der Waals surface area contributed by atoms with Crippen molar-refractivity contribution >= 4 is 23.6 Å². The molecule has 190 valence electrons. The number of rotatable bonds is 3. The molecule has 2 aliphatic heterocycles. The van der Waals surface area contributed by atoms with Crippen LogP contribution in [0, 0.1) is 0 Å². The molecule has 35 heavy (non-hydrogen) atoms. The molecule has 2 N–H and O–H groups in total. The Labute approximate surface area is 209 Å². The van der Waals surface area contributed by atoms with Gasteiger partial charge in [-0.15, -0.1) is 0 Å². The van der Waals surface area contributed by atoms with Crippen LogP contribution in [0.3, 0.4) is 0 Å². The number of aromatic nitrogens is 2. The minimum absolute atomic E-state index is 0.160. The second-order valence-electron chi connectivity index (χ2n) is 9.07. The molecule has 1 saturated carbocycles. The van der Waals surface area contributed by atoms with Gasteiger partial charge in [-0.25, -0.2) is 9.98 Å². The van der Waals surface area contributed by atoms with Crippen LogP contribution in [0.4, 0.5) is 11.5 Å². The number of ether oxygens (including phenoxy) is 1. The maximum absolute atomic E-state index is 10.2. The molecule has 0 radical (unpaired) electrons. The topological polar surface area (TPSA) is 96.9 Å². The van der Waals surface area contributed by atoms with Gasteiger partial charge in [-0.05, 0) is 43.9 Å². The van der Waals surface area contributed by atoms with Crippen molar-refractivity contribution in [2.45, 2.75) is 64.9 Å². The second-order valence-corrected chi connectivity index (χ2v) is 9.07. The highest BCUT2D eigenvalue weighted by molar-refractivity contribution is 6.06. The van der Waals surface area contributed by atoms with E-state index < -0.39 is 0 Å². The number of carbonyl (C=O) groups excluding carboxylic acids is 1. The standard InChI is InChI=1S/C19H22N4O.C6H12N2O.C2H6/c1-12-16(23-17-18(20)21-11-22-19(17)24-12)15-9-7-14(8-10-15)13-5-3-2-4-6-13;1-7-2-4-8(6-9)5-3-7;1-2/h7-13H,2-6H2,1H3,(H2,20,21,22);6H,2-5H2,1H3;1-2H3. The van der Waals surface area contributed by atoms with Gasteiger partial charge in [0.05, 0.1) is 5.71 Å². The minimum Gasteiger partial charge on any atom is -0.466 e. The molecule has 1 unspecified atom stereocenters. The molecule has 0 spiro atoms. The highest BCUT2D eigenvalue weighted by Crippen LogP contribution is 2.36. The first-order valence-corrected chi connectivity index (χ1v) is 12.9. The monoisotopic (exact) mass is 480 g/mol. The lowest BCUT2D eigenvalue weighted by molar-refractivity contribution is -0.119. The summed E-state index contributed by atoms with van der Waals surface area (Å²) < 4.78 is 5.86. The summed E-state index contributed by atoms with van der Waals surface area (Å²) in [6.07, 6.45) is 8.85. The van der Waals surface area contributed by atoms with E-state index in [1.54, 1.807) is 4.90 Å². The number of piperazine rings is 1. The van der Waals surface area contributed by atoms with Crippen molar-refractivity contribution in [3.05, 3.63) is 41.7 Å². The molecule has 1 aliphatic carbocycles. The van der Waals surface area contributed by atoms with E-state index in [1.165, 1.54) is 44.0 Å². The van der Waals surface area contributed by atoms with Crippen molar-refractivity contribution in [3.63, 3.8) is 0 Å². The van der Waals surface area contributed by atoms with E-state index in [9.17, 15) is 4.79 Å². The maximum atomic E-state index is 10.2. The fraction of sp³-hybridized carbons (Fsp3) is 0.556. The normalized spacial score (nSPS) is 20.2. The number of nitrogens with zero attached hydrogens (tertiary/aromatic N) is 5. The van der Waals surface area contributed by atoms with E-state index in [0.717, 1.165) is 43.9 Å². The van der Waals surface area contributed by atoms with E-state index in [2.05, 4.69) is 51.2 Å². The lowest BCUT2D eigenvalue weighted by Crippen LogP contribution is -2.43. The van der Waals surface area contributed by atoms with Crippen LogP contribution in [0.25, 0.3) is 0 Å². The molecule has 5 rings (SSSR count). The number of amides is 1. The van der Waals surface area contributed by atoms with E-state index >= 15 is 0 Å². The lowest BCUT2D eigenvalue weighted by Gasteiger charge is -2.29. The summed E-state index contributed by atoms with van der Waals surface area (Å²) in [7, 11) is 2.07. The van der Waals surface area contributed by atoms with Crippen LogP contribution >= 0.6 is 0 Å². The molecule has 0 bridgehead atoms. The number of fused-ring (bicyclic) bond motifs is 1. The number of anilines is 1. The van der Waals surface area contributed by atoms with Crippen molar-refractivity contribution in [3.8, 4) is 5.88 Å². The Hall–Kier alpha value is -3.00. The van der Waals surface area contributed by atoms with Crippen molar-refractivity contribution in [2.75, 3.05) is 39.0 Å². The molecule has 1 aromatic heterocycles. The van der Waals surface area contributed by atoms with Gasteiger partial charge in [0.25, 0.3) is 0 Å². The van der Waals surface area contributed by atoms with Gasteiger partial charge in [-0.3, -0.25) is 4.79 Å². The fourth-order valence-corrected chi connectivity index (χ4v) is 4.59. The Morgan fingerprint density at radius 1 is 1.00 bits per heavy atom. The third kappa shape index (κ3) is 7.01. The molecule has 3 heterocycles. The number of likely N-dealkylation sites (N-methyl/N-ethyl adjacent to an activating group) is 1. The molecule has 3 aliphatic rings. The third-order valence-corrected chi connectivity index (χ3v) is 6.69. The van der Waals surface area contributed by atoms with Gasteiger partial charge < -0.3 is 20.3 Å². The second kappa shape index (κ2) is 13.2. The summed E-state index contributed by atoms with van der Waals surface area (Å²) in [5.74, 6) is 1.51. The molecule has 1 amide bonds. The zero-order chi connectivity index (χ0) is 25.2. The van der Waals surface area contributed by atoms with Gasteiger partial charge in [0, 0.05) is 26.2 Å². The predicted octanol–water partition coefficient (Wildman–Crippen LogP) is 4.42. The van der Waals surface area contributed by atoms with Gasteiger partial charge in [-0.1, -0.05) is 57.4 Å². The van der Waals surface area contributed by atoms with E-state index in [0.29, 0.717) is 23.3 Å². The third-order valence-electron chi connectivity index (χ3n) is 6.69. The van der Waals surface area contributed by atoms with Gasteiger partial charge in [0.15, 0.2) is 11.5 Å². The van der Waals surface area contributed by atoms with Crippen molar-refractivity contribution in [1.82, 2.24) is 19.8 Å². The summed E-state index contributed by atoms with van der Waals surface area (Å²) in [4.78, 5) is 27.0. The van der Waals surface area contributed by atoms with Crippen LogP contribution in [0.5, 0.6) is 5.88 Å². The van der Waals surface area contributed by atoms with Crippen LogP contribution in [-0.4, -0.2) is 71.2 Å². The molecular formula is C27H40N6O2. The Kier molecular flexibility index (Phi) is 10.0. The fourth-order valence-electron chi connectivity index (χ4n) is 4.59. The van der Waals surface area contributed by atoms with Crippen LogP contribution < -0.4 is 10.5 Å². The van der Waals surface area contributed by atoms with Crippen LogP contribution in [-0.2, 0) is 4.79 Å². The Bertz CT molecular complexity index is 964. The van der Waals surface area contributed by atoms with Crippen LogP contribution in [0.1, 0.15) is 69.9 Å². The van der Waals surface area contributed by atoms with Gasteiger partial charge in [-0.2, -0.15) is 4.98 Å². The number of hydrogen-bond acceptors (Lipinski definition) is 7. The Morgan fingerprint density at radius 2 is 1.66 bits per heavy atom. The van der Waals surface area contributed by atoms with Gasteiger partial charge >= 0.3 is 0 Å². The highest BCUT2D eigenvalue weighted by atomic mass is 16.5. The summed E-state index contributed by atoms with van der Waals surface area (Å²) in [5.41, 5.74) is 9.82. The smallest absolute Gasteiger partial charge is 0.246 e. The average Bonchev–Trinajstić information content (AvgIpc) is 2.91. The summed E-state index contributed by atoms with van der Waals surface area (Å²) >= 11 is 0. The molecule has 2 aromatic rings. The maximum Gasteiger partial charge on any atom is 0.246 e. The Morgan fingerprint density at radius 3 is 2.29 bits per heavy atom. The van der Waals surface area contributed by atoms with Crippen LogP contribution in [0.2, 0.25) is 0 Å². The largest absolute Gasteiger partial charge is 0.466 e. The molecular weight excluding hydrogens is 440 g/mol. The van der Waals surface area contributed by atoms with Gasteiger partial charge in [0.1, 0.15) is 12.4 Å². The number of nitrogen functional groups attached to an aromatic ring is 1. The number of benzene rings is 1. The SMILES string of the molecule is CC.CC1Oc2ncnc(N)c2N=C1c1ccc(C2CCCCC2)cc1.CN1CCN(C=O)CC1. The molecule has 8 nitrogen and oxygen atoms in total. The molecule has 1 aromatic carbocycles. The molecule has 1 saturated heterocycles. The van der Waals surface area contributed by atoms with E-state index in [-0.39, 0.29) is 6.10 Å². The first-order chi connectivity index (χ1) is 17.0. The van der Waals surface area contributed by atoms with Gasteiger partial charge in [0.2, 0.25) is 12.3 Å². The summed E-state index contributed by atoms with van der Waals surface area (Å²) in [5, 5.41) is 0. The lowest BCUT2D eigenvalue weighted by atomic mass is 9.83. The van der Waals surface area contributed by atoms with E-state index in [4.69, 9.17) is 10.5 Å². The minimum atomic E-state index is -0.160. The van der Waals surface area contributed by atoms with Crippen molar-refractivity contribution in [2.24, 2.45) is 4.99 Å². The summed E-state index contributed by atoms with van der Waals surface area (Å²) in [6, 6.07) is 8.77. The average molecular weight is 481 g/mol. The number of hydrogen-bond donors (Lipinski definition) is 1. The predicted molar refractivity (Wildman–Crippen MR) is 141 cm³/mol. The van der Waals surface area contributed by atoms with Crippen LogP contribution in [0.15, 0.2) is 35.6 Å². The quantitative estimate of drug-likeness (QED) is 0.653. The first kappa shape index (κ1) is 26.6. The number of aliphatic imine (C=N–C) groups is 1. The highest BCUT2D eigenvalue weighted by Gasteiger charge is 2.25. The molecule has 8 heteroatoms. The van der Waals surface area contributed by atoms with Crippen molar-refractivity contribution < 1.29 is 9.53 Å². The zero-order valence-electron chi connectivity index (χ0n) is 21.6. The zero-order valence-corrected chi connectivity index (χ0v) is 21.6. The Balaban J connectivity index is 0.000000262. The number of carbonyl (C=O) groups is 1. The number of nitrogens with two attached hydrogens (primary N) is 1. The van der Waals surface area contributed by atoms with Crippen molar-refractivity contribution in [1.29, 1.82) is 0 Å².